The van der Waals surface area contributed by atoms with E-state index in [4.69, 9.17) is 4.74 Å². The molecule has 0 fully saturated rings. The number of hydrogen-bond donors (Lipinski definition) is 0. The van der Waals surface area contributed by atoms with Crippen LogP contribution in [0.15, 0.2) is 77.7 Å². The maximum absolute atomic E-state index is 13.0. The van der Waals surface area contributed by atoms with Gasteiger partial charge in [0.15, 0.2) is 0 Å². The lowest BCUT2D eigenvalue weighted by Gasteiger charge is -2.23. The Balaban J connectivity index is 1.81. The molecule has 0 aromatic heterocycles. The molecule has 0 radical (unpaired) electrons. The molecule has 0 heterocycles. The molecule has 3 rings (SSSR count). The topological polar surface area (TPSA) is 66.9 Å². The third kappa shape index (κ3) is 4.88. The summed E-state index contributed by atoms with van der Waals surface area (Å²) in [7, 11) is 1.03. The van der Waals surface area contributed by atoms with Crippen molar-refractivity contribution in [2.75, 3.05) is 25.5 Å². The van der Waals surface area contributed by atoms with Gasteiger partial charge in [-0.05, 0) is 60.5 Å². The van der Waals surface area contributed by atoms with Gasteiger partial charge in [0.1, 0.15) is 5.75 Å². The van der Waals surface area contributed by atoms with Gasteiger partial charge in [0, 0.05) is 26.2 Å². The summed E-state index contributed by atoms with van der Waals surface area (Å²) in [6, 6.07) is 21.0. The summed E-state index contributed by atoms with van der Waals surface area (Å²) in [5.41, 5.74) is 2.75. The third-order valence-electron chi connectivity index (χ3n) is 5.11. The molecule has 0 aliphatic rings. The lowest BCUT2D eigenvalue weighted by atomic mass is 10.1. The Morgan fingerprint density at radius 2 is 1.58 bits per heavy atom. The number of carbonyl (C=O) groups is 1. The molecule has 31 heavy (non-hydrogen) atoms. The third-order valence-corrected chi connectivity index (χ3v) is 6.90. The van der Waals surface area contributed by atoms with Crippen LogP contribution in [0.1, 0.15) is 21.5 Å². The smallest absolute Gasteiger partial charge is 0.264 e. The summed E-state index contributed by atoms with van der Waals surface area (Å²) >= 11 is 0. The Morgan fingerprint density at radius 3 is 2.16 bits per heavy atom. The van der Waals surface area contributed by atoms with Gasteiger partial charge in [-0.3, -0.25) is 9.10 Å². The molecule has 1 amide bonds. The van der Waals surface area contributed by atoms with Crippen LogP contribution in [0.4, 0.5) is 5.69 Å². The van der Waals surface area contributed by atoms with Crippen LogP contribution in [0, 0.1) is 6.92 Å². The fourth-order valence-corrected chi connectivity index (χ4v) is 4.59. The van der Waals surface area contributed by atoms with E-state index < -0.39 is 10.0 Å². The SMILES string of the molecule is COc1ccc(S(=O)(=O)N(C)c2ccc(C(=O)N(C)Cc3ccccc3)cc2C)cc1. The van der Waals surface area contributed by atoms with Gasteiger partial charge in [-0.2, -0.15) is 0 Å². The lowest BCUT2D eigenvalue weighted by Crippen LogP contribution is -2.28. The average molecular weight is 439 g/mol. The highest BCUT2D eigenvalue weighted by atomic mass is 32.2. The van der Waals surface area contributed by atoms with E-state index in [1.807, 2.05) is 30.3 Å². The zero-order valence-electron chi connectivity index (χ0n) is 18.1. The maximum Gasteiger partial charge on any atom is 0.264 e. The van der Waals surface area contributed by atoms with E-state index in [9.17, 15) is 13.2 Å². The van der Waals surface area contributed by atoms with Crippen molar-refractivity contribution in [1.82, 2.24) is 4.90 Å². The first-order valence-electron chi connectivity index (χ1n) is 9.77. The van der Waals surface area contributed by atoms with Crippen molar-refractivity contribution in [3.05, 3.63) is 89.5 Å². The molecule has 0 bridgehead atoms. The molecule has 3 aromatic rings. The highest BCUT2D eigenvalue weighted by Gasteiger charge is 2.23. The lowest BCUT2D eigenvalue weighted by molar-refractivity contribution is 0.0785. The first-order valence-corrected chi connectivity index (χ1v) is 11.2. The molecule has 0 saturated heterocycles. The van der Waals surface area contributed by atoms with Crippen molar-refractivity contribution >= 4 is 21.6 Å². The molecule has 0 unspecified atom stereocenters. The number of rotatable bonds is 7. The minimum atomic E-state index is -3.75. The fourth-order valence-electron chi connectivity index (χ4n) is 3.33. The van der Waals surface area contributed by atoms with Crippen LogP contribution >= 0.6 is 0 Å². The first-order chi connectivity index (χ1) is 14.7. The van der Waals surface area contributed by atoms with Gasteiger partial charge in [0.2, 0.25) is 0 Å². The molecule has 0 N–H and O–H groups in total. The van der Waals surface area contributed by atoms with Crippen molar-refractivity contribution in [2.45, 2.75) is 18.4 Å². The normalized spacial score (nSPS) is 11.1. The number of hydrogen-bond acceptors (Lipinski definition) is 4. The minimum absolute atomic E-state index is 0.126. The van der Waals surface area contributed by atoms with Gasteiger partial charge in [-0.25, -0.2) is 8.42 Å². The monoisotopic (exact) mass is 438 g/mol. The summed E-state index contributed by atoms with van der Waals surface area (Å²) in [6.45, 7) is 2.29. The predicted molar refractivity (Wildman–Crippen MR) is 122 cm³/mol. The van der Waals surface area contributed by atoms with Crippen LogP contribution in [0.5, 0.6) is 5.75 Å². The molecular formula is C24H26N2O4S. The van der Waals surface area contributed by atoms with Gasteiger partial charge in [0.25, 0.3) is 15.9 Å². The second-order valence-electron chi connectivity index (χ2n) is 7.30. The summed E-state index contributed by atoms with van der Waals surface area (Å²) in [5.74, 6) is 0.458. The second kappa shape index (κ2) is 9.22. The molecule has 0 aliphatic carbocycles. The fraction of sp³-hybridized carbons (Fsp3) is 0.208. The van der Waals surface area contributed by atoms with E-state index in [1.165, 1.54) is 30.6 Å². The van der Waals surface area contributed by atoms with Gasteiger partial charge in [-0.1, -0.05) is 30.3 Å². The van der Waals surface area contributed by atoms with E-state index in [0.29, 0.717) is 29.1 Å². The van der Waals surface area contributed by atoms with Gasteiger partial charge in [-0.15, -0.1) is 0 Å². The van der Waals surface area contributed by atoms with Crippen LogP contribution in [0.3, 0.4) is 0 Å². The molecular weight excluding hydrogens is 412 g/mol. The van der Waals surface area contributed by atoms with Gasteiger partial charge < -0.3 is 9.64 Å². The molecule has 7 heteroatoms. The van der Waals surface area contributed by atoms with Crippen LogP contribution in [-0.4, -0.2) is 40.4 Å². The second-order valence-corrected chi connectivity index (χ2v) is 9.27. The Hall–Kier alpha value is -3.32. The molecule has 6 nitrogen and oxygen atoms in total. The van der Waals surface area contributed by atoms with Gasteiger partial charge >= 0.3 is 0 Å². The van der Waals surface area contributed by atoms with Crippen LogP contribution in [0.2, 0.25) is 0 Å². The zero-order chi connectivity index (χ0) is 22.6. The van der Waals surface area contributed by atoms with E-state index in [2.05, 4.69) is 0 Å². The van der Waals surface area contributed by atoms with Crippen molar-refractivity contribution in [1.29, 1.82) is 0 Å². The number of carbonyl (C=O) groups excluding carboxylic acids is 1. The number of amides is 1. The first kappa shape index (κ1) is 22.4. The van der Waals surface area contributed by atoms with E-state index in [1.54, 1.807) is 49.2 Å². The number of aryl methyl sites for hydroxylation is 1. The summed E-state index contributed by atoms with van der Waals surface area (Å²) in [6.07, 6.45) is 0. The zero-order valence-corrected chi connectivity index (χ0v) is 18.9. The minimum Gasteiger partial charge on any atom is -0.497 e. The van der Waals surface area contributed by atoms with E-state index in [-0.39, 0.29) is 10.8 Å². The molecule has 0 spiro atoms. The Kier molecular flexibility index (Phi) is 6.65. The van der Waals surface area contributed by atoms with E-state index in [0.717, 1.165) is 5.56 Å². The maximum atomic E-state index is 13.0. The van der Waals surface area contributed by atoms with Crippen molar-refractivity contribution in [3.8, 4) is 5.75 Å². The number of anilines is 1. The number of ether oxygens (including phenoxy) is 1. The van der Waals surface area contributed by atoms with Crippen molar-refractivity contribution < 1.29 is 17.9 Å². The van der Waals surface area contributed by atoms with Crippen LogP contribution in [0.25, 0.3) is 0 Å². The largest absolute Gasteiger partial charge is 0.497 e. The van der Waals surface area contributed by atoms with Crippen LogP contribution < -0.4 is 9.04 Å². The quantitative estimate of drug-likeness (QED) is 0.557. The Morgan fingerprint density at radius 1 is 0.935 bits per heavy atom. The molecule has 162 valence electrons. The number of benzene rings is 3. The molecule has 3 aromatic carbocycles. The Labute approximate surface area is 183 Å². The van der Waals surface area contributed by atoms with Gasteiger partial charge in [0.05, 0.1) is 17.7 Å². The summed E-state index contributed by atoms with van der Waals surface area (Å²) in [4.78, 5) is 14.6. The molecule has 0 atom stereocenters. The summed E-state index contributed by atoms with van der Waals surface area (Å²) in [5, 5.41) is 0. The number of nitrogens with zero attached hydrogens (tertiary/aromatic N) is 2. The predicted octanol–water partition coefficient (Wildman–Crippen LogP) is 4.10. The number of methoxy groups -OCH3 is 1. The number of sulfonamides is 1. The van der Waals surface area contributed by atoms with Crippen molar-refractivity contribution in [3.63, 3.8) is 0 Å². The van der Waals surface area contributed by atoms with Crippen LogP contribution in [-0.2, 0) is 16.6 Å². The average Bonchev–Trinajstić information content (AvgIpc) is 2.78. The summed E-state index contributed by atoms with van der Waals surface area (Å²) < 4.78 is 32.4. The van der Waals surface area contributed by atoms with E-state index >= 15 is 0 Å². The highest BCUT2D eigenvalue weighted by molar-refractivity contribution is 7.92. The van der Waals surface area contributed by atoms with Crippen molar-refractivity contribution in [2.24, 2.45) is 0 Å². The highest BCUT2D eigenvalue weighted by Crippen LogP contribution is 2.27. The molecule has 0 saturated carbocycles. The molecule has 0 aliphatic heterocycles. The Bertz CT molecular complexity index is 1160. The standard InChI is InChI=1S/C24H26N2O4S/c1-18-16-20(24(27)25(2)17-19-8-6-5-7-9-19)10-15-23(18)26(3)31(28,29)22-13-11-21(30-4)12-14-22/h5-16H,17H2,1-4H3.